The van der Waals surface area contributed by atoms with Crippen LogP contribution in [0, 0.1) is 21.4 Å². The Morgan fingerprint density at radius 2 is 2.47 bits per heavy atom. The lowest BCUT2D eigenvalue weighted by Gasteiger charge is -1.99. The van der Waals surface area contributed by atoms with Crippen molar-refractivity contribution in [3.63, 3.8) is 0 Å². The van der Waals surface area contributed by atoms with Gasteiger partial charge in [-0.15, -0.1) is 0 Å². The van der Waals surface area contributed by atoms with Gasteiger partial charge in [0.15, 0.2) is 0 Å². The van der Waals surface area contributed by atoms with Crippen molar-refractivity contribution in [2.45, 2.75) is 13.0 Å². The molecular formula is C8H8BrN5O3. The standard InChI is InChI=1S/C8H8BrN5O3/c9-6-4-13(12-8(6)14(16)17)5-7(15)11-3-1-2-10/h4H,1,3,5H2,(H,11,15). The van der Waals surface area contributed by atoms with Crippen LogP contribution in [0.5, 0.6) is 0 Å². The predicted molar refractivity (Wildman–Crippen MR) is 59.8 cm³/mol. The zero-order valence-corrected chi connectivity index (χ0v) is 10.2. The number of hydrogen-bond acceptors (Lipinski definition) is 5. The molecule has 17 heavy (non-hydrogen) atoms. The van der Waals surface area contributed by atoms with Crippen molar-refractivity contribution in [1.82, 2.24) is 15.1 Å². The normalized spacial score (nSPS) is 9.65. The van der Waals surface area contributed by atoms with Crippen LogP contribution >= 0.6 is 15.9 Å². The first-order valence-corrected chi connectivity index (χ1v) is 5.35. The van der Waals surface area contributed by atoms with Gasteiger partial charge in [-0.3, -0.25) is 4.79 Å². The van der Waals surface area contributed by atoms with Crippen LogP contribution in [0.3, 0.4) is 0 Å². The fourth-order valence-electron chi connectivity index (χ4n) is 1.05. The van der Waals surface area contributed by atoms with Crippen molar-refractivity contribution in [2.24, 2.45) is 0 Å². The van der Waals surface area contributed by atoms with Crippen molar-refractivity contribution in [3.05, 3.63) is 20.8 Å². The number of amides is 1. The van der Waals surface area contributed by atoms with Gasteiger partial charge < -0.3 is 15.4 Å². The fraction of sp³-hybridized carbons (Fsp3) is 0.375. The van der Waals surface area contributed by atoms with Gasteiger partial charge in [0.05, 0.1) is 23.8 Å². The maximum Gasteiger partial charge on any atom is 0.404 e. The van der Waals surface area contributed by atoms with Crippen molar-refractivity contribution in [3.8, 4) is 6.07 Å². The van der Waals surface area contributed by atoms with Gasteiger partial charge in [0, 0.05) is 6.54 Å². The van der Waals surface area contributed by atoms with E-state index in [0.717, 1.165) is 4.68 Å². The van der Waals surface area contributed by atoms with Gasteiger partial charge in [-0.2, -0.15) is 9.94 Å². The lowest BCUT2D eigenvalue weighted by atomic mass is 10.4. The fourth-order valence-corrected chi connectivity index (χ4v) is 1.51. The van der Waals surface area contributed by atoms with Gasteiger partial charge in [-0.05, 0) is 20.9 Å². The number of nitrogens with one attached hydrogen (secondary N) is 1. The third-order valence-corrected chi connectivity index (χ3v) is 2.30. The van der Waals surface area contributed by atoms with Crippen LogP contribution in [0.25, 0.3) is 0 Å². The molecule has 0 radical (unpaired) electrons. The molecule has 0 aliphatic rings. The quantitative estimate of drug-likeness (QED) is 0.485. The van der Waals surface area contributed by atoms with Gasteiger partial charge in [0.25, 0.3) is 0 Å². The Kier molecular flexibility index (Phi) is 4.59. The van der Waals surface area contributed by atoms with E-state index in [2.05, 4.69) is 26.3 Å². The van der Waals surface area contributed by atoms with E-state index in [4.69, 9.17) is 5.26 Å². The second-order valence-corrected chi connectivity index (χ2v) is 3.87. The van der Waals surface area contributed by atoms with E-state index in [1.807, 2.05) is 6.07 Å². The van der Waals surface area contributed by atoms with Crippen LogP contribution in [0.2, 0.25) is 0 Å². The summed E-state index contributed by atoms with van der Waals surface area (Å²) in [7, 11) is 0. The summed E-state index contributed by atoms with van der Waals surface area (Å²) < 4.78 is 1.37. The van der Waals surface area contributed by atoms with E-state index in [1.54, 1.807) is 0 Å². The van der Waals surface area contributed by atoms with Gasteiger partial charge in [0.1, 0.15) is 11.0 Å². The zero-order chi connectivity index (χ0) is 12.8. The van der Waals surface area contributed by atoms with Gasteiger partial charge in [0.2, 0.25) is 5.91 Å². The maximum absolute atomic E-state index is 11.3. The second-order valence-electron chi connectivity index (χ2n) is 3.01. The molecule has 0 aliphatic heterocycles. The minimum atomic E-state index is -0.645. The molecule has 1 N–H and O–H groups in total. The Balaban J connectivity index is 2.57. The monoisotopic (exact) mass is 301 g/mol. The molecule has 0 unspecified atom stereocenters. The Hall–Kier alpha value is -1.95. The third-order valence-electron chi connectivity index (χ3n) is 1.74. The zero-order valence-electron chi connectivity index (χ0n) is 8.59. The highest BCUT2D eigenvalue weighted by molar-refractivity contribution is 9.10. The first kappa shape index (κ1) is 13.1. The largest absolute Gasteiger partial charge is 0.404 e. The third kappa shape index (κ3) is 3.84. The van der Waals surface area contributed by atoms with Gasteiger partial charge >= 0.3 is 5.82 Å². The van der Waals surface area contributed by atoms with E-state index in [-0.39, 0.29) is 35.7 Å². The van der Waals surface area contributed by atoms with Crippen LogP contribution < -0.4 is 5.32 Å². The average Bonchev–Trinajstić information content (AvgIpc) is 2.60. The first-order valence-electron chi connectivity index (χ1n) is 4.55. The van der Waals surface area contributed by atoms with E-state index < -0.39 is 4.92 Å². The van der Waals surface area contributed by atoms with Crippen LogP contribution in [0.1, 0.15) is 6.42 Å². The molecule has 0 spiro atoms. The second kappa shape index (κ2) is 5.95. The predicted octanol–water partition coefficient (Wildman–Crippen LogP) is 0.584. The molecule has 0 aliphatic carbocycles. The molecule has 1 heterocycles. The summed E-state index contributed by atoms with van der Waals surface area (Å²) in [5.74, 6) is -0.694. The number of nitrogens with zero attached hydrogens (tertiary/aromatic N) is 4. The molecule has 0 fully saturated rings. The van der Waals surface area contributed by atoms with E-state index in [0.29, 0.717) is 0 Å². The average molecular weight is 302 g/mol. The first-order chi connectivity index (χ1) is 8.04. The van der Waals surface area contributed by atoms with Crippen molar-refractivity contribution in [1.29, 1.82) is 5.26 Å². The topological polar surface area (TPSA) is 114 Å². The molecular weight excluding hydrogens is 294 g/mol. The highest BCUT2D eigenvalue weighted by Gasteiger charge is 2.19. The maximum atomic E-state index is 11.3. The lowest BCUT2D eigenvalue weighted by Crippen LogP contribution is -2.28. The summed E-state index contributed by atoms with van der Waals surface area (Å²) in [5, 5.41) is 24.9. The number of carbonyl (C=O) groups is 1. The number of aromatic nitrogens is 2. The minimum Gasteiger partial charge on any atom is -0.358 e. The lowest BCUT2D eigenvalue weighted by molar-refractivity contribution is -0.390. The molecule has 8 nitrogen and oxygen atoms in total. The summed E-state index contributed by atoms with van der Waals surface area (Å²) in [4.78, 5) is 21.2. The molecule has 0 aromatic carbocycles. The molecule has 0 saturated carbocycles. The van der Waals surface area contributed by atoms with Crippen LogP contribution in [-0.4, -0.2) is 27.2 Å². The van der Waals surface area contributed by atoms with Crippen molar-refractivity contribution >= 4 is 27.7 Å². The summed E-state index contributed by atoms with van der Waals surface area (Å²) in [5.41, 5.74) is 0. The van der Waals surface area contributed by atoms with Crippen molar-refractivity contribution in [2.75, 3.05) is 6.54 Å². The number of rotatable bonds is 5. The molecule has 9 heteroatoms. The number of hydrogen-bond donors (Lipinski definition) is 1. The van der Waals surface area contributed by atoms with Crippen LogP contribution in [0.15, 0.2) is 10.7 Å². The number of halogens is 1. The summed E-state index contributed by atoms with van der Waals surface area (Å²) in [6, 6.07) is 1.88. The van der Waals surface area contributed by atoms with E-state index >= 15 is 0 Å². The Bertz CT molecular complexity index is 478. The number of nitro groups is 1. The summed E-state index contributed by atoms with van der Waals surface area (Å²) in [6.07, 6.45) is 1.57. The molecule has 1 aromatic rings. The molecule has 90 valence electrons. The van der Waals surface area contributed by atoms with E-state index in [9.17, 15) is 14.9 Å². The highest BCUT2D eigenvalue weighted by atomic mass is 79.9. The highest BCUT2D eigenvalue weighted by Crippen LogP contribution is 2.21. The molecule has 0 saturated heterocycles. The van der Waals surface area contributed by atoms with Gasteiger partial charge in [-0.25, -0.2) is 0 Å². The number of nitriles is 1. The smallest absolute Gasteiger partial charge is 0.358 e. The molecule has 1 aromatic heterocycles. The SMILES string of the molecule is N#CCCNC(=O)Cn1cc(Br)c([N+](=O)[O-])n1. The minimum absolute atomic E-state index is 0.127. The molecule has 1 rings (SSSR count). The Morgan fingerprint density at radius 1 is 1.76 bits per heavy atom. The summed E-state index contributed by atoms with van der Waals surface area (Å²) in [6.45, 7) is 0.123. The molecule has 0 atom stereocenters. The van der Waals surface area contributed by atoms with Crippen LogP contribution in [0.4, 0.5) is 5.82 Å². The Labute approximate surface area is 104 Å². The molecule has 1 amide bonds. The van der Waals surface area contributed by atoms with Gasteiger partial charge in [-0.1, -0.05) is 0 Å². The van der Waals surface area contributed by atoms with Crippen LogP contribution in [-0.2, 0) is 11.3 Å². The Morgan fingerprint density at radius 3 is 3.00 bits per heavy atom. The summed E-state index contributed by atoms with van der Waals surface area (Å²) >= 11 is 2.97. The van der Waals surface area contributed by atoms with E-state index in [1.165, 1.54) is 6.20 Å². The number of carbonyl (C=O) groups excluding carboxylic acids is 1. The van der Waals surface area contributed by atoms with Crippen molar-refractivity contribution < 1.29 is 9.72 Å². The molecule has 0 bridgehead atoms.